The van der Waals surface area contributed by atoms with Crippen molar-refractivity contribution in [3.8, 4) is 0 Å². The fraction of sp³-hybridized carbons (Fsp3) is 0.778. The van der Waals surface area contributed by atoms with Crippen LogP contribution in [0.5, 0.6) is 0 Å². The number of thiazole rings is 1. The SMILES string of the molecule is CN=C(NCCCN1CC(C)CC(C)C1)NCCc1csc(C)n1.I. The van der Waals surface area contributed by atoms with Crippen LogP contribution in [0.15, 0.2) is 10.4 Å². The molecule has 0 aliphatic carbocycles. The minimum absolute atomic E-state index is 0. The number of guanidine groups is 1. The second-order valence-corrected chi connectivity index (χ2v) is 8.16. The number of rotatable bonds is 7. The topological polar surface area (TPSA) is 52.6 Å². The lowest BCUT2D eigenvalue weighted by Crippen LogP contribution is -2.42. The van der Waals surface area contributed by atoms with Crippen LogP contribution in [0.1, 0.15) is 37.4 Å². The summed E-state index contributed by atoms with van der Waals surface area (Å²) in [5, 5.41) is 10.1. The van der Waals surface area contributed by atoms with Crippen LogP contribution in [0.3, 0.4) is 0 Å². The van der Waals surface area contributed by atoms with Crippen LogP contribution in [0, 0.1) is 18.8 Å². The molecule has 2 unspecified atom stereocenters. The van der Waals surface area contributed by atoms with Crippen LogP contribution >= 0.6 is 35.3 Å². The number of aliphatic imine (C=N–C) groups is 1. The first-order chi connectivity index (χ1) is 11.6. The summed E-state index contributed by atoms with van der Waals surface area (Å²) in [6.07, 6.45) is 3.48. The normalized spacial score (nSPS) is 21.7. The zero-order chi connectivity index (χ0) is 17.4. The zero-order valence-electron chi connectivity index (χ0n) is 16.0. The highest BCUT2D eigenvalue weighted by Gasteiger charge is 2.20. The number of hydrogen-bond acceptors (Lipinski definition) is 4. The van der Waals surface area contributed by atoms with Gasteiger partial charge in [-0.05, 0) is 38.1 Å². The Bertz CT molecular complexity index is 509. The first kappa shape index (κ1) is 22.6. The number of nitrogens with one attached hydrogen (secondary N) is 2. The minimum atomic E-state index is 0. The summed E-state index contributed by atoms with van der Waals surface area (Å²) in [7, 11) is 1.83. The van der Waals surface area contributed by atoms with Crippen molar-refractivity contribution in [3.63, 3.8) is 0 Å². The first-order valence-electron chi connectivity index (χ1n) is 9.14. The molecule has 2 atom stereocenters. The second-order valence-electron chi connectivity index (χ2n) is 7.09. The smallest absolute Gasteiger partial charge is 0.190 e. The third kappa shape index (κ3) is 8.68. The molecule has 0 amide bonds. The number of nitrogens with zero attached hydrogens (tertiary/aromatic N) is 3. The van der Waals surface area contributed by atoms with Crippen molar-refractivity contribution in [2.24, 2.45) is 16.8 Å². The number of aromatic nitrogens is 1. The van der Waals surface area contributed by atoms with E-state index in [0.717, 1.165) is 54.4 Å². The van der Waals surface area contributed by atoms with Crippen molar-refractivity contribution in [1.82, 2.24) is 20.5 Å². The third-order valence-corrected chi connectivity index (χ3v) is 5.27. The lowest BCUT2D eigenvalue weighted by Gasteiger charge is -2.35. The molecule has 144 valence electrons. The van der Waals surface area contributed by atoms with Gasteiger partial charge in [-0.2, -0.15) is 0 Å². The van der Waals surface area contributed by atoms with E-state index < -0.39 is 0 Å². The number of likely N-dealkylation sites (tertiary alicyclic amines) is 1. The van der Waals surface area contributed by atoms with Crippen LogP contribution in [0.2, 0.25) is 0 Å². The van der Waals surface area contributed by atoms with Crippen LogP contribution in [0.25, 0.3) is 0 Å². The van der Waals surface area contributed by atoms with Gasteiger partial charge in [-0.1, -0.05) is 13.8 Å². The lowest BCUT2D eigenvalue weighted by atomic mass is 9.92. The molecule has 0 saturated carbocycles. The van der Waals surface area contributed by atoms with E-state index in [2.05, 4.69) is 44.7 Å². The van der Waals surface area contributed by atoms with E-state index in [1.54, 1.807) is 11.3 Å². The Morgan fingerprint density at radius 2 is 1.96 bits per heavy atom. The van der Waals surface area contributed by atoms with E-state index in [4.69, 9.17) is 0 Å². The maximum atomic E-state index is 4.49. The second kappa shape index (κ2) is 12.1. The summed E-state index contributed by atoms with van der Waals surface area (Å²) in [5.41, 5.74) is 1.16. The van der Waals surface area contributed by atoms with E-state index in [0.29, 0.717) is 0 Å². The summed E-state index contributed by atoms with van der Waals surface area (Å²) in [5.74, 6) is 2.57. The molecular weight excluding hydrogens is 445 g/mol. The summed E-state index contributed by atoms with van der Waals surface area (Å²) in [6.45, 7) is 12.3. The van der Waals surface area contributed by atoms with Gasteiger partial charge in [-0.15, -0.1) is 35.3 Å². The largest absolute Gasteiger partial charge is 0.356 e. The monoisotopic (exact) mass is 479 g/mol. The number of piperidine rings is 1. The van der Waals surface area contributed by atoms with Gasteiger partial charge in [0.1, 0.15) is 0 Å². The van der Waals surface area contributed by atoms with E-state index >= 15 is 0 Å². The van der Waals surface area contributed by atoms with Crippen molar-refractivity contribution in [1.29, 1.82) is 0 Å². The number of hydrogen-bond donors (Lipinski definition) is 2. The van der Waals surface area contributed by atoms with E-state index in [1.165, 1.54) is 26.1 Å². The molecule has 0 aromatic carbocycles. The van der Waals surface area contributed by atoms with Crippen molar-refractivity contribution in [2.75, 3.05) is 39.8 Å². The first-order valence-corrected chi connectivity index (χ1v) is 10.0. The molecule has 2 N–H and O–H groups in total. The molecule has 1 aliphatic rings. The number of aryl methyl sites for hydroxylation is 1. The molecule has 1 aliphatic heterocycles. The molecule has 0 bridgehead atoms. The average Bonchev–Trinajstić information content (AvgIpc) is 2.94. The molecule has 7 heteroatoms. The Morgan fingerprint density at radius 3 is 2.56 bits per heavy atom. The van der Waals surface area contributed by atoms with Crippen LogP contribution < -0.4 is 10.6 Å². The summed E-state index contributed by atoms with van der Waals surface area (Å²) < 4.78 is 0. The Kier molecular flexibility index (Phi) is 10.9. The molecule has 5 nitrogen and oxygen atoms in total. The molecule has 1 aromatic heterocycles. The van der Waals surface area contributed by atoms with Gasteiger partial charge in [-0.3, -0.25) is 4.99 Å². The number of halogens is 1. The predicted molar refractivity (Wildman–Crippen MR) is 119 cm³/mol. The Labute approximate surface area is 174 Å². The quantitative estimate of drug-likeness (QED) is 0.273. The van der Waals surface area contributed by atoms with E-state index in [1.807, 2.05) is 14.0 Å². The Morgan fingerprint density at radius 1 is 1.28 bits per heavy atom. The molecule has 1 aromatic rings. The van der Waals surface area contributed by atoms with Gasteiger partial charge in [0.05, 0.1) is 10.7 Å². The van der Waals surface area contributed by atoms with Gasteiger partial charge in [0.2, 0.25) is 0 Å². The molecule has 1 fully saturated rings. The van der Waals surface area contributed by atoms with Gasteiger partial charge in [0.25, 0.3) is 0 Å². The van der Waals surface area contributed by atoms with Crippen LogP contribution in [-0.2, 0) is 6.42 Å². The molecular formula is C18H34IN5S. The van der Waals surface area contributed by atoms with Gasteiger partial charge >= 0.3 is 0 Å². The molecule has 2 rings (SSSR count). The van der Waals surface area contributed by atoms with Gasteiger partial charge in [0, 0.05) is 45.0 Å². The molecule has 2 heterocycles. The zero-order valence-corrected chi connectivity index (χ0v) is 19.2. The van der Waals surface area contributed by atoms with Gasteiger partial charge in [0.15, 0.2) is 5.96 Å². The van der Waals surface area contributed by atoms with Gasteiger partial charge in [-0.25, -0.2) is 4.98 Å². The predicted octanol–water partition coefficient (Wildman–Crippen LogP) is 3.15. The highest BCUT2D eigenvalue weighted by Crippen LogP contribution is 2.20. The van der Waals surface area contributed by atoms with Crippen molar-refractivity contribution < 1.29 is 0 Å². The van der Waals surface area contributed by atoms with E-state index in [9.17, 15) is 0 Å². The fourth-order valence-electron chi connectivity index (χ4n) is 3.54. The minimum Gasteiger partial charge on any atom is -0.356 e. The molecule has 0 radical (unpaired) electrons. The highest BCUT2D eigenvalue weighted by molar-refractivity contribution is 14.0. The molecule has 25 heavy (non-hydrogen) atoms. The van der Waals surface area contributed by atoms with Crippen LogP contribution in [-0.4, -0.2) is 55.6 Å². The molecule has 1 saturated heterocycles. The van der Waals surface area contributed by atoms with Crippen molar-refractivity contribution >= 4 is 41.3 Å². The van der Waals surface area contributed by atoms with Crippen molar-refractivity contribution in [2.45, 2.75) is 40.0 Å². The fourth-order valence-corrected chi connectivity index (χ4v) is 4.18. The molecule has 0 spiro atoms. The summed E-state index contributed by atoms with van der Waals surface area (Å²) in [6, 6.07) is 0. The Hall–Kier alpha value is -0.410. The maximum absolute atomic E-state index is 4.49. The third-order valence-electron chi connectivity index (χ3n) is 4.45. The highest BCUT2D eigenvalue weighted by atomic mass is 127. The average molecular weight is 479 g/mol. The van der Waals surface area contributed by atoms with Crippen LogP contribution in [0.4, 0.5) is 0 Å². The standard InChI is InChI=1S/C18H33N5S.HI/c1-14-10-15(2)12-23(11-14)9-5-7-20-18(19-4)21-8-6-17-13-24-16(3)22-17;/h13-15H,5-12H2,1-4H3,(H2,19,20,21);1H. The van der Waals surface area contributed by atoms with Crippen molar-refractivity contribution in [3.05, 3.63) is 16.1 Å². The Balaban J connectivity index is 0.00000312. The van der Waals surface area contributed by atoms with Gasteiger partial charge < -0.3 is 15.5 Å². The maximum Gasteiger partial charge on any atom is 0.190 e. The van der Waals surface area contributed by atoms with E-state index in [-0.39, 0.29) is 24.0 Å². The summed E-state index contributed by atoms with van der Waals surface area (Å²) >= 11 is 1.71. The summed E-state index contributed by atoms with van der Waals surface area (Å²) in [4.78, 5) is 11.4. The lowest BCUT2D eigenvalue weighted by molar-refractivity contribution is 0.140.